The van der Waals surface area contributed by atoms with E-state index in [1.807, 2.05) is 6.92 Å². The molecule has 8 heteroatoms. The Kier molecular flexibility index (Phi) is 11.2. The van der Waals surface area contributed by atoms with Crippen LogP contribution in [0.5, 0.6) is 0 Å². The zero-order chi connectivity index (χ0) is 17.7. The summed E-state index contributed by atoms with van der Waals surface area (Å²) >= 11 is 0. The molecule has 2 atom stereocenters. The molecule has 0 radical (unpaired) electrons. The number of aliphatic hydroxyl groups is 1. The molecule has 0 aliphatic rings. The van der Waals surface area contributed by atoms with Crippen LogP contribution in [0.4, 0.5) is 0 Å². The molecule has 0 saturated carbocycles. The molecule has 0 aromatic carbocycles. The predicted molar refractivity (Wildman–Crippen MR) is 88.7 cm³/mol. The van der Waals surface area contributed by atoms with Crippen molar-refractivity contribution in [2.24, 2.45) is 11.5 Å². The summed E-state index contributed by atoms with van der Waals surface area (Å²) < 4.78 is 0. The van der Waals surface area contributed by atoms with E-state index in [1.165, 1.54) is 6.08 Å². The van der Waals surface area contributed by atoms with Crippen LogP contribution in [0.2, 0.25) is 0 Å². The lowest BCUT2D eigenvalue weighted by Gasteiger charge is -2.16. The Labute approximate surface area is 136 Å². The number of hydrogen-bond donors (Lipinski definition) is 6. The molecule has 2 amide bonds. The van der Waals surface area contributed by atoms with E-state index in [9.17, 15) is 14.7 Å². The fourth-order valence-electron chi connectivity index (χ4n) is 1.68. The Hall–Kier alpha value is -2.15. The smallest absolute Gasteiger partial charge is 0.251 e. The number of amidine groups is 1. The van der Waals surface area contributed by atoms with Crippen LogP contribution < -0.4 is 22.1 Å². The number of rotatable bonds is 11. The number of amides is 2. The number of nitrogens with two attached hydrogens (primary N) is 2. The zero-order valence-electron chi connectivity index (χ0n) is 13.5. The van der Waals surface area contributed by atoms with Crippen LogP contribution in [-0.4, -0.2) is 48.0 Å². The van der Waals surface area contributed by atoms with Crippen molar-refractivity contribution in [3.05, 3.63) is 17.9 Å². The third-order valence-corrected chi connectivity index (χ3v) is 2.79. The Balaban J connectivity index is 3.94. The van der Waals surface area contributed by atoms with Crippen molar-refractivity contribution in [3.63, 3.8) is 0 Å². The number of hydrogen-bond acceptors (Lipinski definition) is 5. The van der Waals surface area contributed by atoms with Crippen LogP contribution in [0.3, 0.4) is 0 Å². The summed E-state index contributed by atoms with van der Waals surface area (Å²) in [5.41, 5.74) is 13.7. The summed E-state index contributed by atoms with van der Waals surface area (Å²) in [6.07, 6.45) is 3.47. The molecule has 0 saturated heterocycles. The predicted octanol–water partition coefficient (Wildman–Crippen LogP) is -0.865. The van der Waals surface area contributed by atoms with Gasteiger partial charge >= 0.3 is 0 Å². The number of aliphatic hydroxyl groups excluding tert-OH is 1. The summed E-state index contributed by atoms with van der Waals surface area (Å²) in [6.45, 7) is 2.28. The minimum Gasteiger partial charge on any atom is -0.391 e. The van der Waals surface area contributed by atoms with Gasteiger partial charge in [0.25, 0.3) is 5.91 Å². The van der Waals surface area contributed by atoms with E-state index in [-0.39, 0.29) is 50.0 Å². The first-order valence-corrected chi connectivity index (χ1v) is 7.57. The quantitative estimate of drug-likeness (QED) is 0.126. The van der Waals surface area contributed by atoms with Crippen LogP contribution in [0.25, 0.3) is 0 Å². The van der Waals surface area contributed by atoms with Gasteiger partial charge in [0.05, 0.1) is 11.9 Å². The molecule has 0 aromatic heterocycles. The van der Waals surface area contributed by atoms with Crippen molar-refractivity contribution in [2.75, 3.05) is 13.1 Å². The van der Waals surface area contributed by atoms with Crippen LogP contribution >= 0.6 is 0 Å². The molecule has 0 spiro atoms. The topological polar surface area (TPSA) is 154 Å². The highest BCUT2D eigenvalue weighted by Gasteiger charge is 2.14. The lowest BCUT2D eigenvalue weighted by Crippen LogP contribution is -2.38. The number of carbonyl (C=O) groups excluding carboxylic acids is 2. The average molecular weight is 325 g/mol. The summed E-state index contributed by atoms with van der Waals surface area (Å²) in [6, 6.07) is -0.519. The highest BCUT2D eigenvalue weighted by molar-refractivity contribution is 5.87. The fraction of sp³-hybridized carbons (Fsp3) is 0.600. The van der Waals surface area contributed by atoms with E-state index in [4.69, 9.17) is 16.9 Å². The summed E-state index contributed by atoms with van der Waals surface area (Å²) in [5, 5.41) is 21.9. The van der Waals surface area contributed by atoms with E-state index in [1.54, 1.807) is 6.08 Å². The van der Waals surface area contributed by atoms with Crippen molar-refractivity contribution >= 4 is 17.6 Å². The van der Waals surface area contributed by atoms with Crippen LogP contribution in [0, 0.1) is 5.41 Å². The second kappa shape index (κ2) is 12.4. The van der Waals surface area contributed by atoms with E-state index in [0.29, 0.717) is 0 Å². The minimum atomic E-state index is -0.831. The molecule has 130 valence electrons. The number of nitrogens with one attached hydrogen (secondary N) is 3. The summed E-state index contributed by atoms with van der Waals surface area (Å²) in [4.78, 5) is 22.9. The molecule has 0 rings (SSSR count). The molecule has 8 nitrogen and oxygen atoms in total. The molecule has 0 unspecified atom stereocenters. The van der Waals surface area contributed by atoms with Crippen molar-refractivity contribution in [1.82, 2.24) is 10.6 Å². The number of carbonyl (C=O) groups is 2. The maximum atomic E-state index is 11.6. The molecule has 0 aliphatic heterocycles. The lowest BCUT2D eigenvalue weighted by atomic mass is 10.1. The van der Waals surface area contributed by atoms with Gasteiger partial charge in [-0.25, -0.2) is 0 Å². The zero-order valence-corrected chi connectivity index (χ0v) is 13.5. The van der Waals surface area contributed by atoms with E-state index in [0.717, 1.165) is 6.42 Å². The van der Waals surface area contributed by atoms with Gasteiger partial charge in [0, 0.05) is 38.0 Å². The van der Waals surface area contributed by atoms with Crippen molar-refractivity contribution < 1.29 is 14.7 Å². The van der Waals surface area contributed by atoms with Crippen molar-refractivity contribution in [3.8, 4) is 0 Å². The Bertz CT molecular complexity index is 458. The van der Waals surface area contributed by atoms with E-state index in [2.05, 4.69) is 16.4 Å². The Morgan fingerprint density at radius 2 is 2.09 bits per heavy atom. The summed E-state index contributed by atoms with van der Waals surface area (Å²) in [7, 11) is 0. The summed E-state index contributed by atoms with van der Waals surface area (Å²) in [5.74, 6) is -0.601. The highest BCUT2D eigenvalue weighted by atomic mass is 16.3. The van der Waals surface area contributed by atoms with Crippen molar-refractivity contribution in [1.29, 1.82) is 5.41 Å². The lowest BCUT2D eigenvalue weighted by molar-refractivity contribution is -0.121. The van der Waals surface area contributed by atoms with Gasteiger partial charge in [-0.05, 0) is 18.9 Å². The van der Waals surface area contributed by atoms with E-state index < -0.39 is 12.1 Å². The second-order valence-electron chi connectivity index (χ2n) is 5.15. The molecule has 8 N–H and O–H groups in total. The van der Waals surface area contributed by atoms with E-state index >= 15 is 0 Å². The maximum absolute atomic E-state index is 11.6. The molecule has 0 aromatic rings. The first-order valence-electron chi connectivity index (χ1n) is 7.57. The molecular weight excluding hydrogens is 298 g/mol. The second-order valence-corrected chi connectivity index (χ2v) is 5.15. The first kappa shape index (κ1) is 20.9. The van der Waals surface area contributed by atoms with Crippen LogP contribution in [0.1, 0.15) is 32.6 Å². The first-order chi connectivity index (χ1) is 10.8. The third-order valence-electron chi connectivity index (χ3n) is 2.79. The fourth-order valence-corrected chi connectivity index (χ4v) is 1.68. The standard InChI is InChI=1S/C15H27N5O3/c1-2-3-4-5-14(22)20-10-12(21)8-11(16)9-15(23)19-7-6-13(17)18/h3,5,11-12,21H,2,6-10,16H2,1H3,(H3,17,18)(H,19,23)(H,20,22)/t4?,11-,12-/m0/s1. The van der Waals surface area contributed by atoms with Gasteiger partial charge in [0.15, 0.2) is 0 Å². The normalized spacial score (nSPS) is 12.5. The largest absolute Gasteiger partial charge is 0.391 e. The van der Waals surface area contributed by atoms with Gasteiger partial charge in [0.1, 0.15) is 0 Å². The minimum absolute atomic E-state index is 0.00333. The maximum Gasteiger partial charge on any atom is 0.251 e. The molecule has 0 heterocycles. The Morgan fingerprint density at radius 3 is 2.70 bits per heavy atom. The monoisotopic (exact) mass is 325 g/mol. The van der Waals surface area contributed by atoms with Gasteiger partial charge in [-0.2, -0.15) is 0 Å². The van der Waals surface area contributed by atoms with Gasteiger partial charge in [-0.1, -0.05) is 6.92 Å². The molecular formula is C15H27N5O3. The SMILES string of the molecule is CCC=C=CC(=O)NC[C@@H](O)C[C@H](N)CC(=O)NCCC(=N)N. The molecule has 0 fully saturated rings. The average Bonchev–Trinajstić information content (AvgIpc) is 2.44. The van der Waals surface area contributed by atoms with Gasteiger partial charge in [-0.15, -0.1) is 5.73 Å². The van der Waals surface area contributed by atoms with Gasteiger partial charge in [0.2, 0.25) is 5.91 Å². The molecule has 23 heavy (non-hydrogen) atoms. The highest BCUT2D eigenvalue weighted by Crippen LogP contribution is 2.00. The third kappa shape index (κ3) is 13.2. The van der Waals surface area contributed by atoms with Gasteiger partial charge < -0.3 is 27.2 Å². The van der Waals surface area contributed by atoms with Crippen LogP contribution in [-0.2, 0) is 9.59 Å². The van der Waals surface area contributed by atoms with Gasteiger partial charge in [-0.3, -0.25) is 15.0 Å². The Morgan fingerprint density at radius 1 is 1.39 bits per heavy atom. The van der Waals surface area contributed by atoms with Crippen LogP contribution in [0.15, 0.2) is 17.9 Å². The van der Waals surface area contributed by atoms with Crippen molar-refractivity contribution in [2.45, 2.75) is 44.8 Å². The molecule has 0 bridgehead atoms. The molecule has 0 aliphatic carbocycles.